The maximum atomic E-state index is 14.5. The first-order valence-electron chi connectivity index (χ1n) is 18.6. The number of ether oxygens (including phenoxy) is 9. The summed E-state index contributed by atoms with van der Waals surface area (Å²) in [5, 5.41) is -1.37. The predicted molar refractivity (Wildman–Crippen MR) is 213 cm³/mol. The Kier molecular flexibility index (Phi) is 15.1. The number of benzene rings is 3. The number of hydrogen-bond acceptors (Lipinski definition) is 14. The standard InChI is InChI=1S/C41H41Cl4NO14/c1-19-33(54-16-23-12-8-6-9-13-23)36(55-17-24-14-10-7-11-15-24)37(41(52-5)56-19)60-40-32(46-38(50)26-27(39(46)51)29(43)31(45)30(44)28(26)42)35(58-22(4)49)34(57-21(3)48)25(59-40)18-53-20(2)47/h6-15,19,25,32-37,40-41H,16-18H2,1-5H3/t19-,25+,32+,33-,34+,35+,36+,37+,40-,41+/m0/s1. The molecule has 10 atom stereocenters. The monoisotopic (exact) mass is 911 g/mol. The minimum atomic E-state index is -1.82. The number of esters is 3. The summed E-state index contributed by atoms with van der Waals surface area (Å²) in [4.78, 5) is 67.4. The van der Waals surface area contributed by atoms with Crippen LogP contribution in [0.3, 0.4) is 0 Å². The number of fused-ring (bicyclic) bond motifs is 1. The van der Waals surface area contributed by atoms with Crippen LogP contribution in [-0.4, -0.2) is 110 Å². The molecule has 15 nitrogen and oxygen atoms in total. The van der Waals surface area contributed by atoms with Crippen LogP contribution in [0.4, 0.5) is 0 Å². The lowest BCUT2D eigenvalue weighted by molar-refractivity contribution is -0.360. The zero-order valence-electron chi connectivity index (χ0n) is 32.8. The molecule has 2 saturated heterocycles. The van der Waals surface area contributed by atoms with Crippen molar-refractivity contribution in [3.05, 3.63) is 103 Å². The van der Waals surface area contributed by atoms with Crippen LogP contribution in [0.2, 0.25) is 20.1 Å². The zero-order valence-corrected chi connectivity index (χ0v) is 35.9. The lowest BCUT2D eigenvalue weighted by Gasteiger charge is -2.50. The van der Waals surface area contributed by atoms with Crippen LogP contribution >= 0.6 is 46.4 Å². The van der Waals surface area contributed by atoms with Gasteiger partial charge in [0.1, 0.15) is 37.1 Å². The number of hydrogen-bond donors (Lipinski definition) is 0. The van der Waals surface area contributed by atoms with E-state index in [1.165, 1.54) is 7.11 Å². The molecule has 322 valence electrons. The third kappa shape index (κ3) is 9.76. The van der Waals surface area contributed by atoms with E-state index in [0.717, 1.165) is 31.9 Å². The topological polar surface area (TPSA) is 172 Å². The summed E-state index contributed by atoms with van der Waals surface area (Å²) >= 11 is 25.7. The molecule has 3 heterocycles. The number of rotatable bonds is 14. The van der Waals surface area contributed by atoms with E-state index in [4.69, 9.17) is 89.0 Å². The summed E-state index contributed by atoms with van der Waals surface area (Å²) in [5.41, 5.74) is 0.840. The van der Waals surface area contributed by atoms with Crippen molar-refractivity contribution >= 4 is 76.1 Å². The Morgan fingerprint density at radius 1 is 0.633 bits per heavy atom. The fourth-order valence-corrected chi connectivity index (χ4v) is 8.34. The molecule has 6 rings (SSSR count). The maximum Gasteiger partial charge on any atom is 0.303 e. The van der Waals surface area contributed by atoms with Gasteiger partial charge in [-0.1, -0.05) is 107 Å². The van der Waals surface area contributed by atoms with Gasteiger partial charge in [-0.05, 0) is 18.1 Å². The Morgan fingerprint density at radius 2 is 1.13 bits per heavy atom. The van der Waals surface area contributed by atoms with Gasteiger partial charge in [0.2, 0.25) is 0 Å². The molecule has 0 unspecified atom stereocenters. The molecule has 60 heavy (non-hydrogen) atoms. The van der Waals surface area contributed by atoms with Gasteiger partial charge in [0, 0.05) is 27.9 Å². The number of nitrogens with zero attached hydrogens (tertiary/aromatic N) is 1. The van der Waals surface area contributed by atoms with Gasteiger partial charge in [-0.3, -0.25) is 28.9 Å². The Morgan fingerprint density at radius 3 is 1.62 bits per heavy atom. The van der Waals surface area contributed by atoms with Gasteiger partial charge in [-0.2, -0.15) is 0 Å². The van der Waals surface area contributed by atoms with Gasteiger partial charge in [0.05, 0.1) is 50.5 Å². The van der Waals surface area contributed by atoms with E-state index in [1.54, 1.807) is 6.92 Å². The molecule has 0 N–H and O–H groups in total. The molecular weight excluding hydrogens is 872 g/mol. The highest BCUT2D eigenvalue weighted by atomic mass is 35.5. The van der Waals surface area contributed by atoms with E-state index in [1.807, 2.05) is 60.7 Å². The highest BCUT2D eigenvalue weighted by Gasteiger charge is 2.60. The van der Waals surface area contributed by atoms with E-state index in [9.17, 15) is 24.0 Å². The average molecular weight is 914 g/mol. The van der Waals surface area contributed by atoms with Crippen molar-refractivity contribution in [1.82, 2.24) is 4.90 Å². The second-order valence-corrected chi connectivity index (χ2v) is 15.6. The molecule has 0 bridgehead atoms. The van der Waals surface area contributed by atoms with E-state index in [0.29, 0.717) is 4.90 Å². The number of carbonyl (C=O) groups excluding carboxylic acids is 5. The summed E-state index contributed by atoms with van der Waals surface area (Å²) in [6.45, 7) is 4.68. The maximum absolute atomic E-state index is 14.5. The van der Waals surface area contributed by atoms with Gasteiger partial charge >= 0.3 is 17.9 Å². The van der Waals surface area contributed by atoms with E-state index in [-0.39, 0.29) is 33.3 Å². The van der Waals surface area contributed by atoms with Crippen molar-refractivity contribution < 1.29 is 66.6 Å². The van der Waals surface area contributed by atoms with Crippen molar-refractivity contribution in [3.63, 3.8) is 0 Å². The number of amides is 2. The second-order valence-electron chi connectivity index (χ2n) is 14.0. The van der Waals surface area contributed by atoms with Crippen molar-refractivity contribution in [2.24, 2.45) is 0 Å². The fourth-order valence-electron chi connectivity index (χ4n) is 7.32. The number of carbonyl (C=O) groups is 5. The van der Waals surface area contributed by atoms with Crippen LogP contribution in [0.25, 0.3) is 0 Å². The first-order valence-corrected chi connectivity index (χ1v) is 20.2. The van der Waals surface area contributed by atoms with E-state index >= 15 is 0 Å². The molecule has 0 aromatic heterocycles. The van der Waals surface area contributed by atoms with Crippen LogP contribution < -0.4 is 0 Å². The number of halogens is 4. The van der Waals surface area contributed by atoms with Gasteiger partial charge in [0.25, 0.3) is 11.8 Å². The van der Waals surface area contributed by atoms with Crippen LogP contribution in [0.5, 0.6) is 0 Å². The average Bonchev–Trinajstić information content (AvgIpc) is 3.47. The number of imide groups is 1. The Labute approximate surface area is 365 Å². The van der Waals surface area contributed by atoms with Gasteiger partial charge in [-0.15, -0.1) is 0 Å². The third-order valence-corrected chi connectivity index (χ3v) is 11.7. The molecule has 2 fully saturated rings. The summed E-state index contributed by atoms with van der Waals surface area (Å²) in [6.07, 6.45) is -11.6. The molecule has 3 aliphatic heterocycles. The van der Waals surface area contributed by atoms with Crippen LogP contribution in [-0.2, 0) is 70.2 Å². The van der Waals surface area contributed by atoms with Gasteiger partial charge < -0.3 is 42.6 Å². The molecule has 0 aliphatic carbocycles. The van der Waals surface area contributed by atoms with Gasteiger partial charge in [0.15, 0.2) is 24.8 Å². The molecule has 2 amide bonds. The molecular formula is C41H41Cl4NO14. The van der Waals surface area contributed by atoms with Crippen LogP contribution in [0.1, 0.15) is 59.5 Å². The zero-order chi connectivity index (χ0) is 43.4. The summed E-state index contributed by atoms with van der Waals surface area (Å²) in [5.74, 6) is -4.64. The smallest absolute Gasteiger partial charge is 0.303 e. The molecule has 3 aliphatic rings. The quantitative estimate of drug-likeness (QED) is 0.0575. The minimum Gasteiger partial charge on any atom is -0.463 e. The molecule has 19 heteroatoms. The first kappa shape index (κ1) is 45.7. The van der Waals surface area contributed by atoms with Crippen molar-refractivity contribution in [2.75, 3.05) is 13.7 Å². The largest absolute Gasteiger partial charge is 0.463 e. The Hall–Kier alpha value is -3.87. The fraction of sp³-hybridized carbons (Fsp3) is 0.439. The summed E-state index contributed by atoms with van der Waals surface area (Å²) in [6, 6.07) is 16.9. The van der Waals surface area contributed by atoms with Crippen LogP contribution in [0.15, 0.2) is 60.7 Å². The Balaban J connectivity index is 1.48. The lowest BCUT2D eigenvalue weighted by Crippen LogP contribution is -2.69. The van der Waals surface area contributed by atoms with E-state index in [2.05, 4.69) is 0 Å². The first-order chi connectivity index (χ1) is 28.6. The SMILES string of the molecule is CO[C@@H]1O[C@@H](C)[C@H](OCc2ccccc2)[C@@H](OCc2ccccc2)[C@H]1O[C@@H]1O[C@H](COC(C)=O)[C@@H](OC(C)=O)[C@H](OC(C)=O)[C@H]1N1C(=O)c2c(Cl)c(Cl)c(Cl)c(Cl)c2C1=O. The molecule has 0 radical (unpaired) electrons. The van der Waals surface area contributed by atoms with Crippen molar-refractivity contribution in [1.29, 1.82) is 0 Å². The molecule has 0 saturated carbocycles. The molecule has 3 aromatic rings. The third-order valence-electron chi connectivity index (χ3n) is 9.92. The highest BCUT2D eigenvalue weighted by Crippen LogP contribution is 2.47. The second kappa shape index (κ2) is 19.9. The summed E-state index contributed by atoms with van der Waals surface area (Å²) < 4.78 is 55.2. The predicted octanol–water partition coefficient (Wildman–Crippen LogP) is 6.36. The van der Waals surface area contributed by atoms with Crippen LogP contribution in [0, 0.1) is 0 Å². The lowest BCUT2D eigenvalue weighted by atomic mass is 9.94. The van der Waals surface area contributed by atoms with E-state index < -0.39 is 109 Å². The molecule has 3 aromatic carbocycles. The van der Waals surface area contributed by atoms with Crippen molar-refractivity contribution in [3.8, 4) is 0 Å². The summed E-state index contributed by atoms with van der Waals surface area (Å²) in [7, 11) is 1.37. The van der Waals surface area contributed by atoms with Crippen molar-refractivity contribution in [2.45, 2.75) is 102 Å². The number of methoxy groups -OCH3 is 1. The highest BCUT2D eigenvalue weighted by molar-refractivity contribution is 6.55. The minimum absolute atomic E-state index is 0.0608. The Bertz CT molecular complexity index is 2030. The molecule has 0 spiro atoms. The van der Waals surface area contributed by atoms with Gasteiger partial charge in [-0.25, -0.2) is 0 Å². The normalized spacial score (nSPS) is 27.6.